The molecule has 5 aromatic carbocycles. The molecule has 2 unspecified atom stereocenters. The standard InChI is InChI=1S/C42H34N2S/c1-41(2)34-18-16-28(39-30-12-6-4-10-26(30)20-22-43-39)24-33(34)38-32-14-8-9-15-37(32)45-42(38,3)36-25-29(17-19-35(36)41)40-31-13-7-5-11-27(31)21-23-44-40/h4-21,23-25,38,43H,22H2,1-3H3. The Labute approximate surface area is 268 Å². The number of pyridine rings is 1. The van der Waals surface area contributed by atoms with E-state index in [1.54, 1.807) is 0 Å². The van der Waals surface area contributed by atoms with Crippen molar-refractivity contribution in [1.29, 1.82) is 0 Å². The smallest absolute Gasteiger partial charge is 0.0780 e. The predicted molar refractivity (Wildman–Crippen MR) is 188 cm³/mol. The summed E-state index contributed by atoms with van der Waals surface area (Å²) >= 11 is 2.03. The average molecular weight is 599 g/mol. The fourth-order valence-electron chi connectivity index (χ4n) is 8.26. The molecule has 0 saturated heterocycles. The highest BCUT2D eigenvalue weighted by atomic mass is 32.2. The number of nitrogens with zero attached hydrogens (tertiary/aromatic N) is 1. The van der Waals surface area contributed by atoms with Gasteiger partial charge in [-0.25, -0.2) is 0 Å². The Morgan fingerprint density at radius 2 is 1.49 bits per heavy atom. The van der Waals surface area contributed by atoms with Gasteiger partial charge in [0, 0.05) is 50.8 Å². The molecule has 0 amide bonds. The van der Waals surface area contributed by atoms with Gasteiger partial charge in [-0.1, -0.05) is 111 Å². The molecule has 218 valence electrons. The van der Waals surface area contributed by atoms with Crippen molar-refractivity contribution in [3.05, 3.63) is 165 Å². The molecule has 1 aliphatic carbocycles. The van der Waals surface area contributed by atoms with E-state index in [-0.39, 0.29) is 16.1 Å². The number of hydrogen-bond donors (Lipinski definition) is 1. The largest absolute Gasteiger partial charge is 0.381 e. The third-order valence-corrected chi connectivity index (χ3v) is 11.9. The number of thioether (sulfide) groups is 1. The van der Waals surface area contributed by atoms with Gasteiger partial charge in [0.15, 0.2) is 0 Å². The van der Waals surface area contributed by atoms with Crippen LogP contribution < -0.4 is 15.8 Å². The van der Waals surface area contributed by atoms with Crippen molar-refractivity contribution in [2.75, 3.05) is 6.54 Å². The van der Waals surface area contributed by atoms with Crippen LogP contribution in [0, 0.1) is 0 Å². The highest BCUT2D eigenvalue weighted by Gasteiger charge is 2.51. The fourth-order valence-corrected chi connectivity index (χ4v) is 9.82. The highest BCUT2D eigenvalue weighted by Crippen LogP contribution is 2.65. The van der Waals surface area contributed by atoms with Crippen molar-refractivity contribution >= 4 is 34.3 Å². The molecule has 3 heterocycles. The third-order valence-electron chi connectivity index (χ3n) is 10.4. The van der Waals surface area contributed by atoms with Crippen LogP contribution in [0.15, 0.2) is 126 Å². The van der Waals surface area contributed by atoms with Crippen LogP contribution in [0.1, 0.15) is 60.1 Å². The SMILES string of the molecule is CC1(C)c2ccc(C3=c4ccccc4=CCN3)cc2C2c3ccccc3SC2(C)c2cc(-c3nccc4ccccc34)ccc21. The molecule has 1 aromatic heterocycles. The first-order valence-electron chi connectivity index (χ1n) is 15.9. The number of fused-ring (bicyclic) bond motifs is 9. The highest BCUT2D eigenvalue weighted by molar-refractivity contribution is 8.00. The van der Waals surface area contributed by atoms with Gasteiger partial charge >= 0.3 is 0 Å². The molecular weight excluding hydrogens is 565 g/mol. The van der Waals surface area contributed by atoms with Crippen LogP contribution in [0.2, 0.25) is 0 Å². The molecule has 0 saturated carbocycles. The maximum Gasteiger partial charge on any atom is 0.0780 e. The quantitative estimate of drug-likeness (QED) is 0.217. The molecule has 2 aliphatic heterocycles. The summed E-state index contributed by atoms with van der Waals surface area (Å²) in [6.45, 7) is 8.15. The van der Waals surface area contributed by atoms with Crippen molar-refractivity contribution in [2.24, 2.45) is 0 Å². The van der Waals surface area contributed by atoms with Gasteiger partial charge < -0.3 is 5.32 Å². The first-order valence-corrected chi connectivity index (χ1v) is 16.7. The van der Waals surface area contributed by atoms with Crippen molar-refractivity contribution in [3.8, 4) is 11.3 Å². The second kappa shape index (κ2) is 9.70. The number of benzene rings is 5. The van der Waals surface area contributed by atoms with Crippen molar-refractivity contribution in [1.82, 2.24) is 10.3 Å². The van der Waals surface area contributed by atoms with Crippen LogP contribution in [-0.2, 0) is 10.2 Å². The Morgan fingerprint density at radius 1 is 0.711 bits per heavy atom. The maximum atomic E-state index is 4.94. The van der Waals surface area contributed by atoms with Gasteiger partial charge in [0.1, 0.15) is 0 Å². The minimum absolute atomic E-state index is 0.187. The van der Waals surface area contributed by atoms with Crippen LogP contribution in [0.5, 0.6) is 0 Å². The summed E-state index contributed by atoms with van der Waals surface area (Å²) in [6, 6.07) is 43.0. The van der Waals surface area contributed by atoms with Crippen molar-refractivity contribution in [2.45, 2.75) is 41.7 Å². The minimum Gasteiger partial charge on any atom is -0.381 e. The minimum atomic E-state index is -0.197. The fraction of sp³-hybridized carbons (Fsp3) is 0.167. The van der Waals surface area contributed by atoms with Gasteiger partial charge in [0.25, 0.3) is 0 Å². The van der Waals surface area contributed by atoms with Gasteiger partial charge in [-0.3, -0.25) is 4.98 Å². The molecule has 3 aliphatic rings. The monoisotopic (exact) mass is 598 g/mol. The molecule has 2 nitrogen and oxygen atoms in total. The molecule has 6 aromatic rings. The molecule has 2 atom stereocenters. The zero-order chi connectivity index (χ0) is 30.3. The van der Waals surface area contributed by atoms with Crippen molar-refractivity contribution in [3.63, 3.8) is 0 Å². The third kappa shape index (κ3) is 3.87. The van der Waals surface area contributed by atoms with Crippen LogP contribution in [0.4, 0.5) is 0 Å². The first-order chi connectivity index (χ1) is 21.9. The molecule has 9 rings (SSSR count). The lowest BCUT2D eigenvalue weighted by molar-refractivity contribution is 0.612. The number of nitrogens with one attached hydrogen (secondary N) is 1. The molecular formula is C42H34N2S. The van der Waals surface area contributed by atoms with Gasteiger partial charge in [0.05, 0.1) is 10.4 Å². The Bertz CT molecular complexity index is 2310. The van der Waals surface area contributed by atoms with Crippen LogP contribution in [0.3, 0.4) is 0 Å². The topological polar surface area (TPSA) is 24.9 Å². The van der Waals surface area contributed by atoms with E-state index in [2.05, 4.69) is 147 Å². The average Bonchev–Trinajstić information content (AvgIpc) is 3.37. The Morgan fingerprint density at radius 3 is 2.42 bits per heavy atom. The van der Waals surface area contributed by atoms with E-state index in [9.17, 15) is 0 Å². The summed E-state index contributed by atoms with van der Waals surface area (Å²) in [7, 11) is 0. The normalized spacial score (nSPS) is 20.5. The Kier molecular flexibility index (Phi) is 5.77. The molecule has 0 radical (unpaired) electrons. The van der Waals surface area contributed by atoms with Gasteiger partial charge in [-0.15, -0.1) is 11.8 Å². The summed E-state index contributed by atoms with van der Waals surface area (Å²) in [5, 5.41) is 8.72. The number of aromatic nitrogens is 1. The Hall–Kier alpha value is -4.60. The van der Waals surface area contributed by atoms with E-state index in [0.29, 0.717) is 0 Å². The Balaban J connectivity index is 1.32. The molecule has 0 spiro atoms. The van der Waals surface area contributed by atoms with Crippen LogP contribution in [-0.4, -0.2) is 11.5 Å². The summed E-state index contributed by atoms with van der Waals surface area (Å²) in [6.07, 6.45) is 4.23. The maximum absolute atomic E-state index is 4.94. The van der Waals surface area contributed by atoms with Crippen molar-refractivity contribution < 1.29 is 0 Å². The van der Waals surface area contributed by atoms with E-state index in [1.165, 1.54) is 70.7 Å². The lowest BCUT2D eigenvalue weighted by Crippen LogP contribution is -2.37. The summed E-state index contributed by atoms with van der Waals surface area (Å²) < 4.78 is -0.197. The molecule has 0 bridgehead atoms. The van der Waals surface area contributed by atoms with Crippen LogP contribution >= 0.6 is 11.8 Å². The van der Waals surface area contributed by atoms with E-state index in [1.807, 2.05) is 18.0 Å². The number of hydrogen-bond acceptors (Lipinski definition) is 3. The summed E-state index contributed by atoms with van der Waals surface area (Å²) in [5.74, 6) is 0.205. The van der Waals surface area contributed by atoms with Gasteiger partial charge in [-0.2, -0.15) is 0 Å². The summed E-state index contributed by atoms with van der Waals surface area (Å²) in [5.41, 5.74) is 11.6. The second-order valence-corrected chi connectivity index (χ2v) is 14.8. The van der Waals surface area contributed by atoms with E-state index in [4.69, 9.17) is 4.98 Å². The molecule has 1 N–H and O–H groups in total. The first kappa shape index (κ1) is 26.8. The van der Waals surface area contributed by atoms with E-state index < -0.39 is 0 Å². The lowest BCUT2D eigenvalue weighted by atomic mass is 9.74. The van der Waals surface area contributed by atoms with Gasteiger partial charge in [-0.05, 0) is 75.2 Å². The predicted octanol–water partition coefficient (Wildman–Crippen LogP) is 8.23. The van der Waals surface area contributed by atoms with Gasteiger partial charge in [0.2, 0.25) is 0 Å². The van der Waals surface area contributed by atoms with E-state index >= 15 is 0 Å². The van der Waals surface area contributed by atoms with Crippen LogP contribution in [0.25, 0.3) is 33.8 Å². The molecule has 3 heteroatoms. The second-order valence-electron chi connectivity index (χ2n) is 13.3. The zero-order valence-electron chi connectivity index (χ0n) is 25.8. The zero-order valence-corrected chi connectivity index (χ0v) is 26.6. The molecule has 45 heavy (non-hydrogen) atoms. The number of rotatable bonds is 2. The van der Waals surface area contributed by atoms with E-state index in [0.717, 1.165) is 12.2 Å². The molecule has 0 fully saturated rings. The summed E-state index contributed by atoms with van der Waals surface area (Å²) in [4.78, 5) is 6.31. The lowest BCUT2D eigenvalue weighted by Gasteiger charge is -2.33.